The van der Waals surface area contributed by atoms with E-state index in [0.29, 0.717) is 5.56 Å². The number of aryl methyl sites for hydroxylation is 1. The second-order valence-electron chi connectivity index (χ2n) is 5.25. The molecule has 7 nitrogen and oxygen atoms in total. The van der Waals surface area contributed by atoms with Gasteiger partial charge in [-0.3, -0.25) is 20.4 Å². The Balaban J connectivity index is 2.02. The van der Waals surface area contributed by atoms with E-state index in [1.165, 1.54) is 24.3 Å². The number of hydrogen-bond donors (Lipinski definition) is 3. The third kappa shape index (κ3) is 4.65. The fourth-order valence-corrected chi connectivity index (χ4v) is 3.18. The van der Waals surface area contributed by atoms with Crippen molar-refractivity contribution in [2.75, 3.05) is 6.54 Å². The molecule has 0 spiro atoms. The van der Waals surface area contributed by atoms with Crippen LogP contribution < -0.4 is 15.6 Å². The molecule has 0 bridgehead atoms. The molecule has 0 radical (unpaired) electrons. The van der Waals surface area contributed by atoms with Gasteiger partial charge in [0.1, 0.15) is 0 Å². The monoisotopic (exact) mass is 361 g/mol. The van der Waals surface area contributed by atoms with Crippen molar-refractivity contribution in [3.8, 4) is 0 Å². The molecule has 0 saturated carbocycles. The highest BCUT2D eigenvalue weighted by Gasteiger charge is 2.14. The van der Waals surface area contributed by atoms with E-state index in [4.69, 9.17) is 0 Å². The van der Waals surface area contributed by atoms with Gasteiger partial charge in [-0.25, -0.2) is 13.1 Å². The largest absolute Gasteiger partial charge is 0.269 e. The molecule has 132 valence electrons. The van der Waals surface area contributed by atoms with Crippen molar-refractivity contribution in [1.29, 1.82) is 0 Å². The lowest BCUT2D eigenvalue weighted by molar-refractivity contribution is 0.0846. The number of amides is 2. The minimum absolute atomic E-state index is 0.0647. The number of benzene rings is 2. The van der Waals surface area contributed by atoms with Crippen molar-refractivity contribution >= 4 is 21.8 Å². The normalized spacial score (nSPS) is 11.0. The molecule has 0 aliphatic rings. The van der Waals surface area contributed by atoms with Crippen LogP contribution in [-0.2, 0) is 10.0 Å². The lowest BCUT2D eigenvalue weighted by Gasteiger charge is -2.09. The SMILES string of the molecule is CCNS(=O)(=O)c1ccc(C(=O)NNC(=O)c2ccccc2C)cc1. The highest BCUT2D eigenvalue weighted by atomic mass is 32.2. The van der Waals surface area contributed by atoms with Crippen molar-refractivity contribution in [2.45, 2.75) is 18.7 Å². The van der Waals surface area contributed by atoms with Gasteiger partial charge in [-0.1, -0.05) is 25.1 Å². The average molecular weight is 361 g/mol. The van der Waals surface area contributed by atoms with E-state index >= 15 is 0 Å². The Kier molecular flexibility index (Phi) is 5.89. The van der Waals surface area contributed by atoms with Gasteiger partial charge in [0.2, 0.25) is 10.0 Å². The molecule has 0 fully saturated rings. The number of carbonyl (C=O) groups excluding carboxylic acids is 2. The molecule has 2 aromatic carbocycles. The van der Waals surface area contributed by atoms with E-state index in [1.807, 2.05) is 6.07 Å². The molecule has 0 aromatic heterocycles. The van der Waals surface area contributed by atoms with Gasteiger partial charge in [0.25, 0.3) is 11.8 Å². The lowest BCUT2D eigenvalue weighted by Crippen LogP contribution is -2.41. The molecule has 0 unspecified atom stereocenters. The summed E-state index contributed by atoms with van der Waals surface area (Å²) in [4.78, 5) is 24.2. The first-order valence-electron chi connectivity index (χ1n) is 7.61. The molecule has 25 heavy (non-hydrogen) atoms. The van der Waals surface area contributed by atoms with Crippen molar-refractivity contribution < 1.29 is 18.0 Å². The minimum Gasteiger partial charge on any atom is -0.267 e. The summed E-state index contributed by atoms with van der Waals surface area (Å²) in [6.45, 7) is 3.74. The van der Waals surface area contributed by atoms with Crippen LogP contribution in [0.2, 0.25) is 0 Å². The van der Waals surface area contributed by atoms with Crippen LogP contribution in [0, 0.1) is 6.92 Å². The van der Waals surface area contributed by atoms with Crippen LogP contribution in [0.25, 0.3) is 0 Å². The summed E-state index contributed by atoms with van der Waals surface area (Å²) in [5.74, 6) is -0.980. The van der Waals surface area contributed by atoms with E-state index in [0.717, 1.165) is 5.56 Å². The van der Waals surface area contributed by atoms with E-state index in [-0.39, 0.29) is 17.0 Å². The van der Waals surface area contributed by atoms with Crippen LogP contribution >= 0.6 is 0 Å². The highest BCUT2D eigenvalue weighted by molar-refractivity contribution is 7.89. The summed E-state index contributed by atoms with van der Waals surface area (Å²) in [6, 6.07) is 12.4. The Morgan fingerprint density at radius 2 is 1.52 bits per heavy atom. The van der Waals surface area contributed by atoms with Gasteiger partial charge in [0.15, 0.2) is 0 Å². The molecular formula is C17H19N3O4S. The smallest absolute Gasteiger partial charge is 0.267 e. The van der Waals surface area contributed by atoms with Gasteiger partial charge < -0.3 is 0 Å². The Labute approximate surface area is 146 Å². The predicted octanol–water partition coefficient (Wildman–Crippen LogP) is 1.37. The maximum Gasteiger partial charge on any atom is 0.269 e. The highest BCUT2D eigenvalue weighted by Crippen LogP contribution is 2.10. The maximum absolute atomic E-state index is 12.1. The zero-order chi connectivity index (χ0) is 18.4. The Bertz CT molecular complexity index is 877. The first-order chi connectivity index (χ1) is 11.8. The molecule has 0 saturated heterocycles. The van der Waals surface area contributed by atoms with Gasteiger partial charge in [0.05, 0.1) is 4.90 Å². The number of hydrogen-bond acceptors (Lipinski definition) is 4. The molecule has 0 aliphatic heterocycles. The number of hydrazine groups is 1. The molecule has 0 atom stereocenters. The Morgan fingerprint density at radius 1 is 0.920 bits per heavy atom. The van der Waals surface area contributed by atoms with Crippen molar-refractivity contribution in [1.82, 2.24) is 15.6 Å². The molecule has 2 amide bonds. The third-order valence-corrected chi connectivity index (χ3v) is 5.00. The summed E-state index contributed by atoms with van der Waals surface area (Å²) in [5.41, 5.74) is 6.10. The molecule has 0 aliphatic carbocycles. The van der Waals surface area contributed by atoms with Crippen molar-refractivity contribution in [3.05, 3.63) is 65.2 Å². The van der Waals surface area contributed by atoms with E-state index in [1.54, 1.807) is 32.0 Å². The Hall–Kier alpha value is -2.71. The number of rotatable bonds is 5. The fraction of sp³-hybridized carbons (Fsp3) is 0.176. The summed E-state index contributed by atoms with van der Waals surface area (Å²) in [5, 5.41) is 0. The number of carbonyl (C=O) groups is 2. The molecular weight excluding hydrogens is 342 g/mol. The first kappa shape index (κ1) is 18.6. The molecule has 2 rings (SSSR count). The zero-order valence-electron chi connectivity index (χ0n) is 13.9. The lowest BCUT2D eigenvalue weighted by atomic mass is 10.1. The minimum atomic E-state index is -3.57. The molecule has 2 aromatic rings. The Morgan fingerprint density at radius 3 is 2.12 bits per heavy atom. The molecule has 0 heterocycles. The second kappa shape index (κ2) is 7.91. The van der Waals surface area contributed by atoms with Crippen LogP contribution in [0.4, 0.5) is 0 Å². The van der Waals surface area contributed by atoms with E-state index in [2.05, 4.69) is 15.6 Å². The van der Waals surface area contributed by atoms with Crippen LogP contribution in [0.3, 0.4) is 0 Å². The van der Waals surface area contributed by atoms with Crippen LogP contribution in [0.15, 0.2) is 53.4 Å². The topological polar surface area (TPSA) is 104 Å². The summed E-state index contributed by atoms with van der Waals surface area (Å²) >= 11 is 0. The first-order valence-corrected chi connectivity index (χ1v) is 9.09. The standard InChI is InChI=1S/C17H19N3O4S/c1-3-18-25(23,24)14-10-8-13(9-11-14)16(21)19-20-17(22)15-7-5-4-6-12(15)2/h4-11,18H,3H2,1-2H3,(H,19,21)(H,20,22). The van der Waals surface area contributed by atoms with E-state index in [9.17, 15) is 18.0 Å². The third-order valence-electron chi connectivity index (χ3n) is 3.44. The summed E-state index contributed by atoms with van der Waals surface area (Å²) in [6.07, 6.45) is 0. The van der Waals surface area contributed by atoms with Crippen molar-refractivity contribution in [3.63, 3.8) is 0 Å². The van der Waals surface area contributed by atoms with Gasteiger partial charge in [0, 0.05) is 17.7 Å². The van der Waals surface area contributed by atoms with Crippen LogP contribution in [0.5, 0.6) is 0 Å². The summed E-state index contributed by atoms with van der Waals surface area (Å²) < 4.78 is 26.1. The maximum atomic E-state index is 12.1. The zero-order valence-corrected chi connectivity index (χ0v) is 14.7. The fourth-order valence-electron chi connectivity index (χ4n) is 2.14. The second-order valence-corrected chi connectivity index (χ2v) is 7.02. The molecule has 3 N–H and O–H groups in total. The molecule has 8 heteroatoms. The van der Waals surface area contributed by atoms with Gasteiger partial charge in [-0.15, -0.1) is 0 Å². The number of nitrogens with one attached hydrogen (secondary N) is 3. The quantitative estimate of drug-likeness (QED) is 0.700. The van der Waals surface area contributed by atoms with Crippen LogP contribution in [-0.4, -0.2) is 26.8 Å². The van der Waals surface area contributed by atoms with Gasteiger partial charge >= 0.3 is 0 Å². The van der Waals surface area contributed by atoms with Crippen LogP contribution in [0.1, 0.15) is 33.2 Å². The summed E-state index contributed by atoms with van der Waals surface area (Å²) in [7, 11) is -3.57. The predicted molar refractivity (Wildman–Crippen MR) is 93.4 cm³/mol. The van der Waals surface area contributed by atoms with Crippen molar-refractivity contribution in [2.24, 2.45) is 0 Å². The number of sulfonamides is 1. The van der Waals surface area contributed by atoms with Gasteiger partial charge in [-0.2, -0.15) is 0 Å². The average Bonchev–Trinajstić information content (AvgIpc) is 2.60. The van der Waals surface area contributed by atoms with E-state index < -0.39 is 21.8 Å². The van der Waals surface area contributed by atoms with Gasteiger partial charge in [-0.05, 0) is 42.8 Å².